The first kappa shape index (κ1) is 19.0. The number of rotatable bonds is 1. The van der Waals surface area contributed by atoms with Gasteiger partial charge in [0.15, 0.2) is 0 Å². The molecule has 1 aliphatic carbocycles. The summed E-state index contributed by atoms with van der Waals surface area (Å²) in [5.74, 6) is 0.233. The van der Waals surface area contributed by atoms with Crippen LogP contribution in [0.5, 0.6) is 5.75 Å². The molecule has 30 heavy (non-hydrogen) atoms. The van der Waals surface area contributed by atoms with Crippen molar-refractivity contribution in [2.75, 3.05) is 23.7 Å². The van der Waals surface area contributed by atoms with Crippen molar-refractivity contribution in [3.8, 4) is 5.75 Å². The number of hydrogen-bond acceptors (Lipinski definition) is 4. The van der Waals surface area contributed by atoms with E-state index in [1.807, 2.05) is 17.0 Å². The summed E-state index contributed by atoms with van der Waals surface area (Å²) in [5.41, 5.74) is 4.02. The molecule has 0 spiro atoms. The second kappa shape index (κ2) is 6.24. The summed E-state index contributed by atoms with van der Waals surface area (Å²) in [5, 5.41) is 16.4. The molecule has 5 rings (SSSR count). The SMILES string of the molecule is CC12CCN(C(=O)c3ccc4c(c3)NCC(=O)N4)C(Cc3c(O)cccc31)C2(C)C. The highest BCUT2D eigenvalue weighted by Gasteiger charge is 2.57. The number of benzene rings is 2. The number of nitrogens with zero attached hydrogens (tertiary/aromatic N) is 1. The zero-order valence-electron chi connectivity index (χ0n) is 17.6. The molecule has 6 nitrogen and oxygen atoms in total. The van der Waals surface area contributed by atoms with Gasteiger partial charge in [0, 0.05) is 23.6 Å². The second-order valence-electron chi connectivity index (χ2n) is 9.49. The predicted molar refractivity (Wildman–Crippen MR) is 116 cm³/mol. The summed E-state index contributed by atoms with van der Waals surface area (Å²) in [7, 11) is 0. The van der Waals surface area contributed by atoms with E-state index in [1.165, 1.54) is 5.56 Å². The van der Waals surface area contributed by atoms with Gasteiger partial charge in [-0.05, 0) is 53.6 Å². The number of piperidine rings is 1. The minimum absolute atomic E-state index is 0.00417. The Morgan fingerprint density at radius 2 is 1.97 bits per heavy atom. The summed E-state index contributed by atoms with van der Waals surface area (Å²) >= 11 is 0. The van der Waals surface area contributed by atoms with Gasteiger partial charge in [-0.2, -0.15) is 0 Å². The third-order valence-electron chi connectivity index (χ3n) is 7.87. The molecule has 2 atom stereocenters. The third kappa shape index (κ3) is 2.49. The van der Waals surface area contributed by atoms with Crippen LogP contribution in [0.4, 0.5) is 11.4 Å². The van der Waals surface area contributed by atoms with E-state index >= 15 is 0 Å². The normalized spacial score (nSPS) is 26.2. The molecule has 0 saturated carbocycles. The Morgan fingerprint density at radius 3 is 2.77 bits per heavy atom. The highest BCUT2D eigenvalue weighted by atomic mass is 16.3. The number of fused-ring (bicyclic) bond motifs is 5. The van der Waals surface area contributed by atoms with Gasteiger partial charge >= 0.3 is 0 Å². The Hall–Kier alpha value is -3.02. The highest BCUT2D eigenvalue weighted by molar-refractivity contribution is 6.03. The van der Waals surface area contributed by atoms with Gasteiger partial charge in [0.25, 0.3) is 5.91 Å². The van der Waals surface area contributed by atoms with E-state index in [2.05, 4.69) is 37.5 Å². The Labute approximate surface area is 176 Å². The number of carbonyl (C=O) groups excluding carboxylic acids is 2. The first-order valence-electron chi connectivity index (χ1n) is 10.5. The van der Waals surface area contributed by atoms with Crippen LogP contribution in [0, 0.1) is 5.41 Å². The number of phenols is 1. The molecule has 2 bridgehead atoms. The van der Waals surface area contributed by atoms with E-state index in [4.69, 9.17) is 0 Å². The molecule has 2 unspecified atom stereocenters. The minimum atomic E-state index is -0.137. The number of likely N-dealkylation sites (tertiary alicyclic amines) is 1. The van der Waals surface area contributed by atoms with Crippen LogP contribution in [0.15, 0.2) is 36.4 Å². The summed E-state index contributed by atoms with van der Waals surface area (Å²) in [4.78, 5) is 27.1. The van der Waals surface area contributed by atoms with E-state index in [1.54, 1.807) is 18.2 Å². The lowest BCUT2D eigenvalue weighted by molar-refractivity contribution is -0.114. The Kier molecular flexibility index (Phi) is 3.95. The van der Waals surface area contributed by atoms with E-state index < -0.39 is 0 Å². The fourth-order valence-corrected chi connectivity index (χ4v) is 5.64. The number of anilines is 2. The second-order valence-corrected chi connectivity index (χ2v) is 9.49. The predicted octanol–water partition coefficient (Wildman–Crippen LogP) is 3.51. The van der Waals surface area contributed by atoms with Crippen LogP contribution in [-0.2, 0) is 16.6 Å². The fraction of sp³-hybridized carbons (Fsp3) is 0.417. The number of amides is 2. The van der Waals surface area contributed by atoms with Crippen molar-refractivity contribution in [1.82, 2.24) is 4.90 Å². The lowest BCUT2D eigenvalue weighted by Crippen LogP contribution is -2.64. The van der Waals surface area contributed by atoms with Crippen molar-refractivity contribution >= 4 is 23.2 Å². The molecular formula is C24H27N3O3. The molecule has 0 radical (unpaired) electrons. The standard InChI is InChI=1S/C24H27N3O3/c1-23(2)20-12-15-16(5-4-6-19(15)28)24(23,3)9-10-27(20)22(30)14-7-8-17-18(11-14)25-13-21(29)26-17/h4-8,11,20,25,28H,9-10,12-13H2,1-3H3,(H,26,29). The quantitative estimate of drug-likeness (QED) is 0.678. The lowest BCUT2D eigenvalue weighted by Gasteiger charge is -2.60. The molecular weight excluding hydrogens is 378 g/mol. The molecule has 3 N–H and O–H groups in total. The molecule has 0 aromatic heterocycles. The monoisotopic (exact) mass is 405 g/mol. The summed E-state index contributed by atoms with van der Waals surface area (Å²) in [6, 6.07) is 11.2. The van der Waals surface area contributed by atoms with Gasteiger partial charge in [0.1, 0.15) is 5.75 Å². The van der Waals surface area contributed by atoms with E-state index in [0.717, 1.165) is 17.7 Å². The lowest BCUT2D eigenvalue weighted by atomic mass is 9.51. The molecule has 1 saturated heterocycles. The van der Waals surface area contributed by atoms with Gasteiger partial charge in [-0.25, -0.2) is 0 Å². The topological polar surface area (TPSA) is 81.7 Å². The van der Waals surface area contributed by atoms with Crippen LogP contribution in [0.25, 0.3) is 0 Å². The van der Waals surface area contributed by atoms with E-state index in [-0.39, 0.29) is 35.2 Å². The maximum atomic E-state index is 13.6. The average molecular weight is 405 g/mol. The van der Waals surface area contributed by atoms with Crippen LogP contribution >= 0.6 is 0 Å². The van der Waals surface area contributed by atoms with Crippen molar-refractivity contribution in [2.24, 2.45) is 5.41 Å². The van der Waals surface area contributed by atoms with Crippen LogP contribution in [0.3, 0.4) is 0 Å². The van der Waals surface area contributed by atoms with Gasteiger partial charge in [0.2, 0.25) is 5.91 Å². The van der Waals surface area contributed by atoms with Crippen molar-refractivity contribution < 1.29 is 14.7 Å². The van der Waals surface area contributed by atoms with Crippen LogP contribution in [0.1, 0.15) is 48.7 Å². The maximum Gasteiger partial charge on any atom is 0.254 e. The first-order valence-corrected chi connectivity index (χ1v) is 10.5. The summed E-state index contributed by atoms with van der Waals surface area (Å²) in [6.07, 6.45) is 1.49. The molecule has 2 aliphatic heterocycles. The van der Waals surface area contributed by atoms with E-state index in [9.17, 15) is 14.7 Å². The average Bonchev–Trinajstić information content (AvgIpc) is 2.70. The first-order chi connectivity index (χ1) is 14.2. The van der Waals surface area contributed by atoms with Gasteiger partial charge in [-0.3, -0.25) is 9.59 Å². The fourth-order valence-electron chi connectivity index (χ4n) is 5.64. The number of nitrogens with one attached hydrogen (secondary N) is 2. The molecule has 6 heteroatoms. The Morgan fingerprint density at radius 1 is 1.17 bits per heavy atom. The van der Waals surface area contributed by atoms with Crippen LogP contribution in [-0.4, -0.2) is 41.0 Å². The molecule has 3 aliphatic rings. The number of phenolic OH excluding ortho intramolecular Hbond substituents is 1. The van der Waals surface area contributed by atoms with Gasteiger partial charge < -0.3 is 20.6 Å². The molecule has 2 aromatic rings. The largest absolute Gasteiger partial charge is 0.508 e. The van der Waals surface area contributed by atoms with Crippen molar-refractivity contribution in [3.63, 3.8) is 0 Å². The van der Waals surface area contributed by atoms with Gasteiger partial charge in [0.05, 0.1) is 17.9 Å². The van der Waals surface area contributed by atoms with Crippen molar-refractivity contribution in [1.29, 1.82) is 0 Å². The summed E-state index contributed by atoms with van der Waals surface area (Å²) in [6.45, 7) is 7.64. The Bertz CT molecular complexity index is 1080. The van der Waals surface area contributed by atoms with E-state index in [0.29, 0.717) is 30.0 Å². The molecule has 156 valence electrons. The number of hydrogen-bond donors (Lipinski definition) is 3. The summed E-state index contributed by atoms with van der Waals surface area (Å²) < 4.78 is 0. The Balaban J connectivity index is 1.52. The minimum Gasteiger partial charge on any atom is -0.508 e. The zero-order valence-corrected chi connectivity index (χ0v) is 17.6. The van der Waals surface area contributed by atoms with Gasteiger partial charge in [-0.15, -0.1) is 0 Å². The van der Waals surface area contributed by atoms with Crippen molar-refractivity contribution in [2.45, 2.75) is 45.1 Å². The maximum absolute atomic E-state index is 13.6. The highest BCUT2D eigenvalue weighted by Crippen LogP contribution is 2.57. The van der Waals surface area contributed by atoms with Crippen molar-refractivity contribution in [3.05, 3.63) is 53.1 Å². The van der Waals surface area contributed by atoms with Crippen LogP contribution < -0.4 is 10.6 Å². The molecule has 2 heterocycles. The number of aromatic hydroxyl groups is 1. The third-order valence-corrected chi connectivity index (χ3v) is 7.87. The number of carbonyl (C=O) groups is 2. The molecule has 1 fully saturated rings. The van der Waals surface area contributed by atoms with Crippen LogP contribution in [0.2, 0.25) is 0 Å². The molecule has 2 amide bonds. The zero-order chi connectivity index (χ0) is 21.3. The van der Waals surface area contributed by atoms with Gasteiger partial charge in [-0.1, -0.05) is 32.9 Å². The smallest absolute Gasteiger partial charge is 0.254 e. The molecule has 2 aromatic carbocycles.